The lowest BCUT2D eigenvalue weighted by atomic mass is 10.2. The minimum absolute atomic E-state index is 0.0765. The largest absolute Gasteiger partial charge is 0.495 e. The lowest BCUT2D eigenvalue weighted by Crippen LogP contribution is -2.31. The molecule has 0 unspecified atom stereocenters. The van der Waals surface area contributed by atoms with E-state index in [-0.39, 0.29) is 17.2 Å². The molecule has 116 valence electrons. The second kappa shape index (κ2) is 8.00. The zero-order valence-corrected chi connectivity index (χ0v) is 13.3. The Morgan fingerprint density at radius 3 is 2.67 bits per heavy atom. The molecule has 0 aliphatic rings. The average Bonchev–Trinajstić information content (AvgIpc) is 2.44. The van der Waals surface area contributed by atoms with Gasteiger partial charge < -0.3 is 15.4 Å². The van der Waals surface area contributed by atoms with Gasteiger partial charge in [-0.3, -0.25) is 0 Å². The minimum Gasteiger partial charge on any atom is -0.495 e. The van der Waals surface area contributed by atoms with Crippen LogP contribution in [0.3, 0.4) is 0 Å². The molecule has 0 spiro atoms. The third-order valence-electron chi connectivity index (χ3n) is 2.64. The van der Waals surface area contributed by atoms with Crippen LogP contribution in [0.25, 0.3) is 0 Å². The summed E-state index contributed by atoms with van der Waals surface area (Å²) in [5, 5.41) is 0. The van der Waals surface area contributed by atoms with Crippen molar-refractivity contribution in [3.8, 4) is 17.6 Å². The molecule has 0 aliphatic carbocycles. The zero-order chi connectivity index (χ0) is 15.9. The van der Waals surface area contributed by atoms with Crippen LogP contribution >= 0.6 is 0 Å². The molecule has 0 atom stereocenters. The quantitative estimate of drug-likeness (QED) is 0.714. The number of ether oxygens (including phenoxy) is 1. The van der Waals surface area contributed by atoms with Crippen LogP contribution in [-0.4, -0.2) is 54.2 Å². The van der Waals surface area contributed by atoms with Crippen molar-refractivity contribution in [3.05, 3.63) is 23.8 Å². The molecular formula is C14H21N3O3S. The topological polar surface area (TPSA) is 84.7 Å². The van der Waals surface area contributed by atoms with E-state index in [1.54, 1.807) is 12.1 Å². The van der Waals surface area contributed by atoms with Gasteiger partial charge in [0.2, 0.25) is 10.0 Å². The smallest absolute Gasteiger partial charge is 0.244 e. The lowest BCUT2D eigenvalue weighted by Gasteiger charge is -2.13. The molecule has 0 aliphatic heterocycles. The van der Waals surface area contributed by atoms with Crippen LogP contribution in [0, 0.1) is 11.8 Å². The van der Waals surface area contributed by atoms with E-state index in [1.807, 2.05) is 19.0 Å². The van der Waals surface area contributed by atoms with Gasteiger partial charge in [0.25, 0.3) is 0 Å². The van der Waals surface area contributed by atoms with E-state index in [0.717, 1.165) is 0 Å². The molecule has 0 bridgehead atoms. The van der Waals surface area contributed by atoms with Crippen LogP contribution in [-0.2, 0) is 10.0 Å². The van der Waals surface area contributed by atoms with E-state index in [1.165, 1.54) is 13.2 Å². The Balaban J connectivity index is 3.07. The number of nitrogens with zero attached hydrogens (tertiary/aromatic N) is 1. The van der Waals surface area contributed by atoms with Gasteiger partial charge in [-0.25, -0.2) is 13.1 Å². The molecular weight excluding hydrogens is 290 g/mol. The van der Waals surface area contributed by atoms with Crippen molar-refractivity contribution >= 4 is 10.0 Å². The predicted octanol–water partition coefficient (Wildman–Crippen LogP) is -0.155. The van der Waals surface area contributed by atoms with Gasteiger partial charge in [-0.2, -0.15) is 0 Å². The molecule has 0 saturated carbocycles. The highest BCUT2D eigenvalue weighted by molar-refractivity contribution is 7.89. The summed E-state index contributed by atoms with van der Waals surface area (Å²) in [7, 11) is 1.53. The first kappa shape index (κ1) is 17.5. The molecule has 1 aromatic rings. The summed E-state index contributed by atoms with van der Waals surface area (Å²) >= 11 is 0. The summed E-state index contributed by atoms with van der Waals surface area (Å²) in [6, 6.07) is 4.76. The number of hydrogen-bond acceptors (Lipinski definition) is 5. The molecule has 0 amide bonds. The van der Waals surface area contributed by atoms with Crippen LogP contribution in [0.1, 0.15) is 5.56 Å². The summed E-state index contributed by atoms with van der Waals surface area (Å²) in [4.78, 5) is 1.97. The fraction of sp³-hybridized carbons (Fsp3) is 0.429. The van der Waals surface area contributed by atoms with Gasteiger partial charge in [0.05, 0.1) is 13.7 Å². The van der Waals surface area contributed by atoms with Crippen LogP contribution in [0.4, 0.5) is 0 Å². The average molecular weight is 311 g/mol. The number of methoxy groups -OCH3 is 1. The van der Waals surface area contributed by atoms with E-state index in [0.29, 0.717) is 18.7 Å². The highest BCUT2D eigenvalue weighted by Gasteiger charge is 2.19. The molecule has 3 N–H and O–H groups in total. The van der Waals surface area contributed by atoms with Crippen LogP contribution in [0.15, 0.2) is 23.1 Å². The summed E-state index contributed by atoms with van der Waals surface area (Å²) < 4.78 is 32.3. The lowest BCUT2D eigenvalue weighted by molar-refractivity contribution is 0.400. The van der Waals surface area contributed by atoms with E-state index in [4.69, 9.17) is 10.5 Å². The van der Waals surface area contributed by atoms with Crippen molar-refractivity contribution in [3.63, 3.8) is 0 Å². The molecule has 0 radical (unpaired) electrons. The maximum absolute atomic E-state index is 12.3. The molecule has 0 fully saturated rings. The highest BCUT2D eigenvalue weighted by atomic mass is 32.2. The molecule has 7 heteroatoms. The first-order valence-electron chi connectivity index (χ1n) is 6.42. The van der Waals surface area contributed by atoms with Crippen LogP contribution < -0.4 is 15.2 Å². The fourth-order valence-electron chi connectivity index (χ4n) is 1.60. The summed E-state index contributed by atoms with van der Waals surface area (Å²) in [6.07, 6.45) is 0. The van der Waals surface area contributed by atoms with Crippen molar-refractivity contribution in [2.75, 3.05) is 40.8 Å². The molecule has 6 nitrogen and oxygen atoms in total. The van der Waals surface area contributed by atoms with Gasteiger partial charge in [0, 0.05) is 18.7 Å². The van der Waals surface area contributed by atoms with Gasteiger partial charge in [0.1, 0.15) is 10.6 Å². The molecule has 1 rings (SSSR count). The highest BCUT2D eigenvalue weighted by Crippen LogP contribution is 2.24. The Kier molecular flexibility index (Phi) is 6.65. The van der Waals surface area contributed by atoms with Crippen LogP contribution in [0.5, 0.6) is 5.75 Å². The fourth-order valence-corrected chi connectivity index (χ4v) is 2.81. The summed E-state index contributed by atoms with van der Waals surface area (Å²) in [5.74, 6) is 5.79. The van der Waals surface area contributed by atoms with Gasteiger partial charge in [-0.1, -0.05) is 11.8 Å². The first-order chi connectivity index (χ1) is 9.90. The van der Waals surface area contributed by atoms with Gasteiger partial charge in [0.15, 0.2) is 0 Å². The number of hydrogen-bond donors (Lipinski definition) is 2. The van der Waals surface area contributed by atoms with Crippen molar-refractivity contribution < 1.29 is 13.2 Å². The number of benzene rings is 1. The third-order valence-corrected chi connectivity index (χ3v) is 4.12. The van der Waals surface area contributed by atoms with Crippen LogP contribution in [0.2, 0.25) is 0 Å². The number of likely N-dealkylation sites (N-methyl/N-ethyl adjacent to an activating group) is 1. The Bertz CT molecular complexity index is 631. The number of nitrogens with one attached hydrogen (secondary N) is 1. The molecule has 21 heavy (non-hydrogen) atoms. The Morgan fingerprint density at radius 1 is 1.38 bits per heavy atom. The van der Waals surface area contributed by atoms with Gasteiger partial charge in [-0.05, 0) is 32.3 Å². The van der Waals surface area contributed by atoms with E-state index < -0.39 is 10.0 Å². The number of nitrogens with two attached hydrogens (primary N) is 1. The maximum atomic E-state index is 12.3. The van der Waals surface area contributed by atoms with Gasteiger partial charge in [-0.15, -0.1) is 0 Å². The van der Waals surface area contributed by atoms with E-state index in [2.05, 4.69) is 16.6 Å². The molecule has 1 aromatic carbocycles. The van der Waals surface area contributed by atoms with Gasteiger partial charge >= 0.3 is 0 Å². The minimum atomic E-state index is -3.65. The Labute approximate surface area is 126 Å². The Hall–Kier alpha value is -1.59. The summed E-state index contributed by atoms with van der Waals surface area (Å²) in [5.41, 5.74) is 5.89. The maximum Gasteiger partial charge on any atom is 0.244 e. The second-order valence-electron chi connectivity index (χ2n) is 4.57. The summed E-state index contributed by atoms with van der Waals surface area (Å²) in [6.45, 7) is 1.14. The standard InChI is InChI=1S/C14H21N3O3S/c1-17(2)10-9-16-21(18,19)14-11-12(5-4-8-15)6-7-13(14)20-3/h6-7,11,16H,8-10,15H2,1-3H3. The van der Waals surface area contributed by atoms with Crippen molar-refractivity contribution in [1.29, 1.82) is 0 Å². The number of sulfonamides is 1. The Morgan fingerprint density at radius 2 is 2.10 bits per heavy atom. The normalized spacial score (nSPS) is 11.1. The number of rotatable bonds is 6. The third kappa shape index (κ3) is 5.36. The monoisotopic (exact) mass is 311 g/mol. The van der Waals surface area contributed by atoms with Crippen molar-refractivity contribution in [2.45, 2.75) is 4.90 Å². The van der Waals surface area contributed by atoms with Crippen molar-refractivity contribution in [2.24, 2.45) is 5.73 Å². The molecule has 0 aromatic heterocycles. The SMILES string of the molecule is COc1ccc(C#CCN)cc1S(=O)(=O)NCCN(C)C. The first-order valence-corrected chi connectivity index (χ1v) is 7.90. The predicted molar refractivity (Wildman–Crippen MR) is 82.7 cm³/mol. The second-order valence-corrected chi connectivity index (χ2v) is 6.31. The molecule has 0 saturated heterocycles. The van der Waals surface area contributed by atoms with E-state index in [9.17, 15) is 8.42 Å². The van der Waals surface area contributed by atoms with Crippen molar-refractivity contribution in [1.82, 2.24) is 9.62 Å². The zero-order valence-electron chi connectivity index (χ0n) is 12.5. The van der Waals surface area contributed by atoms with E-state index >= 15 is 0 Å². The molecule has 0 heterocycles.